The summed E-state index contributed by atoms with van der Waals surface area (Å²) in [7, 11) is 0. The van der Waals surface area contributed by atoms with E-state index in [9.17, 15) is 0 Å². The molecule has 0 amide bonds. The molecule has 37 heavy (non-hydrogen) atoms. The standard InChI is InChI=1S/C33H36N2O2/c1-30(2)20-32(28-8-6-5-7-26(28)30)21-31(3,4)27-17-18-33(19-29(27)32,36-24-13-9-22(34)10-14-24)37-25-15-11-23(35)12-16-25/h5-17,19H,18,20-21,34-35H2,1-4H3/t32-/m0/s1. The molecule has 6 rings (SSSR count). The van der Waals surface area contributed by atoms with E-state index in [-0.39, 0.29) is 16.2 Å². The topological polar surface area (TPSA) is 70.5 Å². The zero-order chi connectivity index (χ0) is 26.1. The van der Waals surface area contributed by atoms with Gasteiger partial charge in [-0.05, 0) is 94.5 Å². The van der Waals surface area contributed by atoms with E-state index in [1.165, 1.54) is 22.3 Å². The maximum absolute atomic E-state index is 6.72. The Morgan fingerprint density at radius 3 is 1.70 bits per heavy atom. The highest BCUT2D eigenvalue weighted by atomic mass is 16.7. The van der Waals surface area contributed by atoms with Crippen LogP contribution in [0.5, 0.6) is 11.5 Å². The molecule has 4 N–H and O–H groups in total. The van der Waals surface area contributed by atoms with Gasteiger partial charge in [-0.1, -0.05) is 58.0 Å². The predicted molar refractivity (Wildman–Crippen MR) is 151 cm³/mol. The van der Waals surface area contributed by atoms with E-state index in [4.69, 9.17) is 20.9 Å². The number of hydrogen-bond donors (Lipinski definition) is 2. The normalized spacial score (nSPS) is 24.1. The lowest BCUT2D eigenvalue weighted by molar-refractivity contribution is -0.0701. The van der Waals surface area contributed by atoms with E-state index in [1.807, 2.05) is 48.5 Å². The van der Waals surface area contributed by atoms with Crippen molar-refractivity contribution in [3.63, 3.8) is 0 Å². The van der Waals surface area contributed by atoms with Gasteiger partial charge in [0, 0.05) is 29.3 Å². The smallest absolute Gasteiger partial charge is 0.275 e. The quantitative estimate of drug-likeness (QED) is 0.296. The third-order valence-corrected chi connectivity index (χ3v) is 8.49. The van der Waals surface area contributed by atoms with Crippen molar-refractivity contribution < 1.29 is 9.47 Å². The van der Waals surface area contributed by atoms with Crippen LogP contribution in [0.25, 0.3) is 0 Å². The molecule has 4 heteroatoms. The lowest BCUT2D eigenvalue weighted by atomic mass is 9.72. The van der Waals surface area contributed by atoms with Crippen molar-refractivity contribution >= 4 is 11.4 Å². The predicted octanol–water partition coefficient (Wildman–Crippen LogP) is 7.31. The Morgan fingerprint density at radius 2 is 1.14 bits per heavy atom. The molecule has 1 fully saturated rings. The van der Waals surface area contributed by atoms with Gasteiger partial charge in [0.05, 0.1) is 0 Å². The number of benzene rings is 3. The average Bonchev–Trinajstić information content (AvgIpc) is 3.22. The number of rotatable bonds is 4. The summed E-state index contributed by atoms with van der Waals surface area (Å²) in [6, 6.07) is 24.1. The minimum Gasteiger partial charge on any atom is -0.448 e. The van der Waals surface area contributed by atoms with Crippen molar-refractivity contribution in [2.45, 2.75) is 63.6 Å². The lowest BCUT2D eigenvalue weighted by Gasteiger charge is -2.38. The van der Waals surface area contributed by atoms with Crippen LogP contribution in [-0.2, 0) is 10.8 Å². The Bertz CT molecular complexity index is 1370. The van der Waals surface area contributed by atoms with Gasteiger partial charge in [0.25, 0.3) is 5.79 Å². The first-order valence-corrected chi connectivity index (χ1v) is 13.2. The summed E-state index contributed by atoms with van der Waals surface area (Å²) in [5, 5.41) is 0. The van der Waals surface area contributed by atoms with E-state index < -0.39 is 5.79 Å². The van der Waals surface area contributed by atoms with Crippen LogP contribution in [0.1, 0.15) is 58.1 Å². The summed E-state index contributed by atoms with van der Waals surface area (Å²) >= 11 is 0. The SMILES string of the molecule is CC1(C)C[C@]2(CC(C)(C)c3ccccc32)C2=CC(Oc3ccc(N)cc3)(Oc3ccc(N)cc3)CC=C21. The van der Waals surface area contributed by atoms with Gasteiger partial charge < -0.3 is 20.9 Å². The highest BCUT2D eigenvalue weighted by molar-refractivity contribution is 5.63. The zero-order valence-electron chi connectivity index (χ0n) is 22.2. The van der Waals surface area contributed by atoms with E-state index in [1.54, 1.807) is 0 Å². The molecule has 1 atom stereocenters. The number of nitrogen functional groups attached to an aromatic ring is 2. The molecule has 0 aliphatic heterocycles. The molecular weight excluding hydrogens is 456 g/mol. The molecule has 3 aliphatic carbocycles. The molecule has 190 valence electrons. The fourth-order valence-corrected chi connectivity index (χ4v) is 7.16. The van der Waals surface area contributed by atoms with E-state index >= 15 is 0 Å². The number of hydrogen-bond acceptors (Lipinski definition) is 4. The molecule has 0 bridgehead atoms. The molecule has 1 saturated carbocycles. The van der Waals surface area contributed by atoms with Gasteiger partial charge >= 0.3 is 0 Å². The third kappa shape index (κ3) is 3.81. The van der Waals surface area contributed by atoms with Gasteiger partial charge in [0.2, 0.25) is 0 Å². The first-order chi connectivity index (χ1) is 17.5. The first kappa shape index (κ1) is 23.7. The summed E-state index contributed by atoms with van der Waals surface area (Å²) in [5.41, 5.74) is 19.0. The van der Waals surface area contributed by atoms with Gasteiger partial charge in [-0.25, -0.2) is 0 Å². The van der Waals surface area contributed by atoms with Gasteiger partial charge in [-0.2, -0.15) is 0 Å². The molecule has 0 radical (unpaired) electrons. The number of ether oxygens (including phenoxy) is 2. The summed E-state index contributed by atoms with van der Waals surface area (Å²) in [6.07, 6.45) is 7.36. The summed E-state index contributed by atoms with van der Waals surface area (Å²) < 4.78 is 13.4. The zero-order valence-corrected chi connectivity index (χ0v) is 22.2. The highest BCUT2D eigenvalue weighted by Gasteiger charge is 2.59. The molecule has 0 aromatic heterocycles. The van der Waals surface area contributed by atoms with Crippen LogP contribution in [-0.4, -0.2) is 5.79 Å². The van der Waals surface area contributed by atoms with Crippen LogP contribution in [0.2, 0.25) is 0 Å². The van der Waals surface area contributed by atoms with Crippen LogP contribution in [0.15, 0.2) is 96.1 Å². The van der Waals surface area contributed by atoms with Gasteiger partial charge in [-0.15, -0.1) is 0 Å². The summed E-state index contributed by atoms with van der Waals surface area (Å²) in [6.45, 7) is 9.51. The summed E-state index contributed by atoms with van der Waals surface area (Å²) in [5.74, 6) is 0.439. The molecule has 1 spiro atoms. The molecule has 0 heterocycles. The van der Waals surface area contributed by atoms with Crippen LogP contribution >= 0.6 is 0 Å². The average molecular weight is 493 g/mol. The van der Waals surface area contributed by atoms with Crippen LogP contribution in [0.4, 0.5) is 11.4 Å². The van der Waals surface area contributed by atoms with Crippen molar-refractivity contribution in [3.8, 4) is 11.5 Å². The van der Waals surface area contributed by atoms with Crippen molar-refractivity contribution in [1.82, 2.24) is 0 Å². The first-order valence-electron chi connectivity index (χ1n) is 13.2. The van der Waals surface area contributed by atoms with E-state index in [0.29, 0.717) is 17.8 Å². The molecule has 4 nitrogen and oxygen atoms in total. The lowest BCUT2D eigenvalue weighted by Crippen LogP contribution is -2.43. The van der Waals surface area contributed by atoms with Gasteiger partial charge in [0.15, 0.2) is 0 Å². The third-order valence-electron chi connectivity index (χ3n) is 8.49. The number of nitrogens with two attached hydrogens (primary N) is 2. The molecule has 3 aromatic rings. The monoisotopic (exact) mass is 492 g/mol. The molecule has 3 aromatic carbocycles. The number of fused-ring (bicyclic) bond motifs is 4. The number of anilines is 2. The maximum atomic E-state index is 6.72. The Hall–Kier alpha value is -3.66. The van der Waals surface area contributed by atoms with Crippen molar-refractivity contribution in [2.24, 2.45) is 5.41 Å². The molecule has 0 saturated heterocycles. The largest absolute Gasteiger partial charge is 0.448 e. The van der Waals surface area contributed by atoms with Crippen LogP contribution in [0.3, 0.4) is 0 Å². The minimum absolute atomic E-state index is 0.0495. The van der Waals surface area contributed by atoms with Crippen LogP contribution < -0.4 is 20.9 Å². The Morgan fingerprint density at radius 1 is 0.622 bits per heavy atom. The van der Waals surface area contributed by atoms with Gasteiger partial charge in [0.1, 0.15) is 11.5 Å². The maximum Gasteiger partial charge on any atom is 0.275 e. The second-order valence-corrected chi connectivity index (χ2v) is 12.3. The minimum atomic E-state index is -1.000. The Balaban J connectivity index is 1.52. The molecule has 3 aliphatic rings. The van der Waals surface area contributed by atoms with Crippen LogP contribution in [0, 0.1) is 5.41 Å². The number of allylic oxidation sites excluding steroid dienone is 2. The summed E-state index contributed by atoms with van der Waals surface area (Å²) in [4.78, 5) is 0. The van der Waals surface area contributed by atoms with Gasteiger partial charge in [-0.3, -0.25) is 0 Å². The Kier molecular flexibility index (Phi) is 5.08. The Labute approximate surface area is 220 Å². The van der Waals surface area contributed by atoms with Crippen molar-refractivity contribution in [2.75, 3.05) is 11.5 Å². The molecular formula is C33H36N2O2. The molecule has 0 unspecified atom stereocenters. The highest BCUT2D eigenvalue weighted by Crippen LogP contribution is 2.66. The second kappa shape index (κ2) is 7.92. The fraction of sp³-hybridized carbons (Fsp3) is 0.333. The van der Waals surface area contributed by atoms with E-state index in [2.05, 4.69) is 64.1 Å². The van der Waals surface area contributed by atoms with Crippen molar-refractivity contribution in [3.05, 3.63) is 107 Å². The van der Waals surface area contributed by atoms with Crippen molar-refractivity contribution in [1.29, 1.82) is 0 Å². The fourth-order valence-electron chi connectivity index (χ4n) is 7.16. The van der Waals surface area contributed by atoms with E-state index in [0.717, 1.165) is 24.3 Å². The second-order valence-electron chi connectivity index (χ2n) is 12.3.